The number of carboxylic acids is 1. The van der Waals surface area contributed by atoms with Crippen LogP contribution in [0.1, 0.15) is 37.0 Å². The van der Waals surface area contributed by atoms with Crippen molar-refractivity contribution in [2.75, 3.05) is 6.61 Å². The number of thiophene rings is 1. The summed E-state index contributed by atoms with van der Waals surface area (Å²) in [6.07, 6.45) is 9.87. The largest absolute Gasteiger partial charge is 0.481 e. The number of carbonyl (C=O) groups is 1. The number of aliphatic hydroxyl groups is 2. The number of aryl methyl sites for hydroxylation is 1. The molecule has 1 aromatic heterocycles. The minimum absolute atomic E-state index is 0.0366. The highest BCUT2D eigenvalue weighted by Gasteiger charge is 2.39. The van der Waals surface area contributed by atoms with Gasteiger partial charge in [0.05, 0.1) is 14.0 Å². The van der Waals surface area contributed by atoms with Crippen LogP contribution in [-0.2, 0) is 4.79 Å². The molecule has 0 amide bonds. The maximum atomic E-state index is 10.6. The van der Waals surface area contributed by atoms with Gasteiger partial charge in [0.25, 0.3) is 0 Å². The van der Waals surface area contributed by atoms with Gasteiger partial charge in [-0.05, 0) is 66.3 Å². The molecule has 8 heteroatoms. The lowest BCUT2D eigenvalue weighted by molar-refractivity contribution is -0.137. The van der Waals surface area contributed by atoms with Gasteiger partial charge in [0.1, 0.15) is 12.7 Å². The van der Waals surface area contributed by atoms with Gasteiger partial charge in [0.15, 0.2) is 5.06 Å². The van der Waals surface area contributed by atoms with Crippen molar-refractivity contribution in [3.63, 3.8) is 0 Å². The van der Waals surface area contributed by atoms with Gasteiger partial charge < -0.3 is 20.1 Å². The number of allylic oxidation sites excluding steroid dienone is 3. The molecule has 1 aliphatic carbocycles. The van der Waals surface area contributed by atoms with Gasteiger partial charge in [-0.2, -0.15) is 0 Å². The first-order valence-electron chi connectivity index (χ1n) is 10.3. The third-order valence-electron chi connectivity index (χ3n) is 5.50. The molecule has 0 spiro atoms. The summed E-state index contributed by atoms with van der Waals surface area (Å²) < 4.78 is 6.66. The zero-order valence-electron chi connectivity index (χ0n) is 17.2. The van der Waals surface area contributed by atoms with Gasteiger partial charge in [-0.15, -0.1) is 11.3 Å². The Morgan fingerprint density at radius 2 is 2.23 bits per heavy atom. The van der Waals surface area contributed by atoms with Gasteiger partial charge in [0.2, 0.25) is 0 Å². The summed E-state index contributed by atoms with van der Waals surface area (Å²) in [7, 11) is 5.92. The predicted molar refractivity (Wildman–Crippen MR) is 124 cm³/mol. The second-order valence-electron chi connectivity index (χ2n) is 7.77. The van der Waals surface area contributed by atoms with E-state index in [0.29, 0.717) is 32.0 Å². The second-order valence-corrected chi connectivity index (χ2v) is 9.84. The lowest BCUT2D eigenvalue weighted by atomic mass is 9.80. The minimum Gasteiger partial charge on any atom is -0.481 e. The smallest absolute Gasteiger partial charge is 0.303 e. The molecule has 0 bridgehead atoms. The van der Waals surface area contributed by atoms with Crippen molar-refractivity contribution in [3.8, 4) is 5.06 Å². The number of aliphatic hydroxyl groups excluding tert-OH is 2. The van der Waals surface area contributed by atoms with E-state index in [4.69, 9.17) is 17.7 Å². The Balaban J connectivity index is 1.88. The Kier molecular flexibility index (Phi) is 10.7. The molecule has 30 heavy (non-hydrogen) atoms. The van der Waals surface area contributed by atoms with E-state index < -0.39 is 18.2 Å². The van der Waals surface area contributed by atoms with Crippen molar-refractivity contribution in [2.24, 2.45) is 17.8 Å². The third-order valence-corrected chi connectivity index (χ3v) is 7.55. The lowest BCUT2D eigenvalue weighted by Gasteiger charge is -2.21. The van der Waals surface area contributed by atoms with Crippen LogP contribution < -0.4 is 4.74 Å². The number of rotatable bonds is 12. The van der Waals surface area contributed by atoms with E-state index in [9.17, 15) is 15.0 Å². The van der Waals surface area contributed by atoms with Gasteiger partial charge >= 0.3 is 5.97 Å². The van der Waals surface area contributed by atoms with Crippen molar-refractivity contribution in [2.45, 2.75) is 57.6 Å². The molecule has 0 aromatic carbocycles. The highest BCUT2D eigenvalue weighted by Crippen LogP contribution is 2.42. The quantitative estimate of drug-likeness (QED) is 0.225. The Bertz CT molecular complexity index is 716. The van der Waals surface area contributed by atoms with Gasteiger partial charge in [-0.3, -0.25) is 4.79 Å². The minimum atomic E-state index is -0.782. The SMILES string of the molecule is [B]C[C@@H]1CC(O)[C@H](CC=CCCCC(=O)O)[C@H]1C=C[C@@H](O)COc1cc(Br)c(C)s1. The Morgan fingerprint density at radius 1 is 1.47 bits per heavy atom. The molecular formula is C22H30BBrO5S. The van der Waals surface area contributed by atoms with E-state index in [-0.39, 0.29) is 30.8 Å². The number of halogens is 1. The zero-order valence-corrected chi connectivity index (χ0v) is 19.6. The molecule has 0 saturated heterocycles. The van der Waals surface area contributed by atoms with Crippen LogP contribution in [0.25, 0.3) is 0 Å². The normalized spacial score (nSPS) is 25.3. The van der Waals surface area contributed by atoms with Crippen LogP contribution in [0, 0.1) is 24.7 Å². The molecule has 0 aliphatic heterocycles. The molecule has 1 heterocycles. The van der Waals surface area contributed by atoms with Crippen molar-refractivity contribution < 1.29 is 24.9 Å². The molecule has 2 radical (unpaired) electrons. The molecule has 1 fully saturated rings. The first-order valence-corrected chi connectivity index (χ1v) is 11.9. The molecule has 5 atom stereocenters. The van der Waals surface area contributed by atoms with E-state index in [1.54, 1.807) is 6.08 Å². The van der Waals surface area contributed by atoms with Crippen LogP contribution in [0.4, 0.5) is 0 Å². The molecule has 1 aromatic rings. The van der Waals surface area contributed by atoms with E-state index in [1.807, 2.05) is 31.2 Å². The molecular weight excluding hydrogens is 467 g/mol. The summed E-state index contributed by atoms with van der Waals surface area (Å²) >= 11 is 4.98. The average molecular weight is 497 g/mol. The zero-order chi connectivity index (χ0) is 22.1. The molecule has 164 valence electrons. The third kappa shape index (κ3) is 7.87. The van der Waals surface area contributed by atoms with Crippen LogP contribution >= 0.6 is 27.3 Å². The van der Waals surface area contributed by atoms with E-state index in [0.717, 1.165) is 14.4 Å². The van der Waals surface area contributed by atoms with Gasteiger partial charge in [-0.25, -0.2) is 0 Å². The number of aliphatic carboxylic acids is 1. The van der Waals surface area contributed by atoms with E-state index >= 15 is 0 Å². The summed E-state index contributed by atoms with van der Waals surface area (Å²) in [4.78, 5) is 11.7. The highest BCUT2D eigenvalue weighted by atomic mass is 79.9. The molecule has 3 N–H and O–H groups in total. The van der Waals surface area contributed by atoms with Crippen LogP contribution in [0.3, 0.4) is 0 Å². The Morgan fingerprint density at radius 3 is 2.87 bits per heavy atom. The predicted octanol–water partition coefficient (Wildman–Crippen LogP) is 4.52. The summed E-state index contributed by atoms with van der Waals surface area (Å²) in [5, 5.41) is 30.2. The number of hydrogen-bond acceptors (Lipinski definition) is 5. The molecule has 2 rings (SSSR count). The fourth-order valence-electron chi connectivity index (χ4n) is 3.84. The maximum absolute atomic E-state index is 10.6. The van der Waals surface area contributed by atoms with Crippen molar-refractivity contribution >= 4 is 41.1 Å². The first kappa shape index (κ1) is 25.2. The Labute approximate surface area is 192 Å². The fourth-order valence-corrected chi connectivity index (χ4v) is 5.21. The summed E-state index contributed by atoms with van der Waals surface area (Å²) in [5.41, 5.74) is 0. The second kappa shape index (κ2) is 12.7. The van der Waals surface area contributed by atoms with Crippen LogP contribution in [-0.4, -0.2) is 47.9 Å². The molecule has 1 saturated carbocycles. The van der Waals surface area contributed by atoms with E-state index in [1.165, 1.54) is 11.3 Å². The maximum Gasteiger partial charge on any atom is 0.303 e. The van der Waals surface area contributed by atoms with Gasteiger partial charge in [0, 0.05) is 21.8 Å². The highest BCUT2D eigenvalue weighted by molar-refractivity contribution is 9.10. The van der Waals surface area contributed by atoms with Crippen LogP contribution in [0.2, 0.25) is 6.32 Å². The summed E-state index contributed by atoms with van der Waals surface area (Å²) in [6.45, 7) is 2.16. The first-order chi connectivity index (χ1) is 14.3. The van der Waals surface area contributed by atoms with Gasteiger partial charge in [-0.1, -0.05) is 30.6 Å². The number of unbranched alkanes of at least 4 members (excludes halogenated alkanes) is 1. The molecule has 1 aliphatic rings. The number of ether oxygens (including phenoxy) is 1. The van der Waals surface area contributed by atoms with Crippen LogP contribution in [0.5, 0.6) is 5.06 Å². The van der Waals surface area contributed by atoms with Crippen molar-refractivity contribution in [1.82, 2.24) is 0 Å². The molecule has 1 unspecified atom stereocenters. The Hall–Kier alpha value is -1.09. The standard InChI is InChI=1S/C22H30BBrO5S/c1-14-19(24)11-22(30-14)29-13-16(25)8-9-17-15(12-23)10-20(26)18(17)6-4-2-3-5-7-21(27)28/h2,4,8-9,11,15-18,20,25-26H,3,5-7,10,12-13H2,1H3,(H,27,28)/t15-,16+,17-,18+,20?/m0/s1. The van der Waals surface area contributed by atoms with E-state index in [2.05, 4.69) is 15.9 Å². The lowest BCUT2D eigenvalue weighted by Crippen LogP contribution is -2.20. The van der Waals surface area contributed by atoms with Crippen molar-refractivity contribution in [1.29, 1.82) is 0 Å². The fraction of sp³-hybridized carbons (Fsp3) is 0.591. The number of hydrogen-bond donors (Lipinski definition) is 3. The molecule has 5 nitrogen and oxygen atoms in total. The summed E-state index contributed by atoms with van der Waals surface area (Å²) in [5.74, 6) is -0.489. The topological polar surface area (TPSA) is 87.0 Å². The average Bonchev–Trinajstić information content (AvgIpc) is 3.19. The van der Waals surface area contributed by atoms with Crippen molar-refractivity contribution in [3.05, 3.63) is 39.7 Å². The monoisotopic (exact) mass is 496 g/mol. The summed E-state index contributed by atoms with van der Waals surface area (Å²) in [6, 6.07) is 1.90. The van der Waals surface area contributed by atoms with Crippen LogP contribution in [0.15, 0.2) is 34.8 Å². The number of carboxylic acid groups (broad SMARTS) is 1.